The monoisotopic (exact) mass is 427 g/mol. The first-order chi connectivity index (χ1) is 15.6. The van der Waals surface area contributed by atoms with Gasteiger partial charge in [-0.05, 0) is 61.0 Å². The van der Waals surface area contributed by atoms with E-state index in [2.05, 4.69) is 5.10 Å². The number of ether oxygens (including phenoxy) is 2. The molecule has 0 aliphatic heterocycles. The standard InChI is InChI=1S/C26H25N3O3/c1-18(27-17-19-8-7-11-23(16-19)32-3)24-25(20-12-14-22(31-2)15-13-20)28-29(26(24)30)21-9-5-4-6-10-21/h4-16,28H,17H2,1-3H3. The average molecular weight is 428 g/mol. The first-order valence-electron chi connectivity index (χ1n) is 10.3. The van der Waals surface area contributed by atoms with Crippen LogP contribution in [0.4, 0.5) is 0 Å². The fraction of sp³-hybridized carbons (Fsp3) is 0.154. The summed E-state index contributed by atoms with van der Waals surface area (Å²) in [5, 5.41) is 3.28. The summed E-state index contributed by atoms with van der Waals surface area (Å²) in [6.45, 7) is 2.31. The molecule has 1 N–H and O–H groups in total. The Bertz CT molecular complexity index is 1290. The Labute approximate surface area is 186 Å². The molecule has 0 bridgehead atoms. The van der Waals surface area contributed by atoms with Crippen molar-refractivity contribution in [3.05, 3.63) is 100 Å². The van der Waals surface area contributed by atoms with E-state index in [1.165, 1.54) is 0 Å². The highest BCUT2D eigenvalue weighted by Gasteiger charge is 2.19. The molecule has 32 heavy (non-hydrogen) atoms. The van der Waals surface area contributed by atoms with Crippen molar-refractivity contribution in [1.82, 2.24) is 9.78 Å². The molecule has 0 spiro atoms. The number of rotatable bonds is 7. The lowest BCUT2D eigenvalue weighted by Crippen LogP contribution is -2.19. The van der Waals surface area contributed by atoms with E-state index in [4.69, 9.17) is 14.5 Å². The van der Waals surface area contributed by atoms with Gasteiger partial charge in [-0.15, -0.1) is 0 Å². The second-order valence-electron chi connectivity index (χ2n) is 7.32. The van der Waals surface area contributed by atoms with Gasteiger partial charge in [0.2, 0.25) is 0 Å². The van der Waals surface area contributed by atoms with Crippen molar-refractivity contribution < 1.29 is 9.47 Å². The number of nitrogens with one attached hydrogen (secondary N) is 1. The number of hydrogen-bond acceptors (Lipinski definition) is 4. The number of hydrogen-bond donors (Lipinski definition) is 1. The molecule has 0 aliphatic carbocycles. The lowest BCUT2D eigenvalue weighted by atomic mass is 10.0. The Hall–Kier alpha value is -4.06. The minimum absolute atomic E-state index is 0.145. The maximum Gasteiger partial charge on any atom is 0.280 e. The smallest absolute Gasteiger partial charge is 0.280 e. The van der Waals surface area contributed by atoms with Crippen LogP contribution in [0.5, 0.6) is 11.5 Å². The van der Waals surface area contributed by atoms with Crippen LogP contribution in [0.2, 0.25) is 0 Å². The summed E-state index contributed by atoms with van der Waals surface area (Å²) in [7, 11) is 3.27. The minimum atomic E-state index is -0.145. The predicted molar refractivity (Wildman–Crippen MR) is 127 cm³/mol. The maximum absolute atomic E-state index is 13.4. The molecule has 4 rings (SSSR count). The molecule has 0 atom stereocenters. The summed E-state index contributed by atoms with van der Waals surface area (Å²) in [6.07, 6.45) is 0. The van der Waals surface area contributed by atoms with E-state index in [0.717, 1.165) is 28.3 Å². The molecule has 1 aromatic heterocycles. The molecule has 0 saturated heterocycles. The van der Waals surface area contributed by atoms with Gasteiger partial charge in [0, 0.05) is 11.3 Å². The Morgan fingerprint density at radius 1 is 0.906 bits per heavy atom. The molecule has 0 unspecified atom stereocenters. The zero-order valence-electron chi connectivity index (χ0n) is 18.3. The quantitative estimate of drug-likeness (QED) is 0.428. The van der Waals surface area contributed by atoms with Gasteiger partial charge >= 0.3 is 0 Å². The van der Waals surface area contributed by atoms with Crippen molar-refractivity contribution in [2.24, 2.45) is 4.99 Å². The van der Waals surface area contributed by atoms with Crippen LogP contribution in [-0.2, 0) is 6.54 Å². The zero-order valence-corrected chi connectivity index (χ0v) is 18.3. The summed E-state index contributed by atoms with van der Waals surface area (Å²) >= 11 is 0. The van der Waals surface area contributed by atoms with Crippen molar-refractivity contribution >= 4 is 5.71 Å². The number of para-hydroxylation sites is 1. The van der Waals surface area contributed by atoms with Gasteiger partial charge in [-0.25, -0.2) is 4.68 Å². The van der Waals surface area contributed by atoms with E-state index in [-0.39, 0.29) is 5.56 Å². The Morgan fingerprint density at radius 3 is 2.31 bits per heavy atom. The maximum atomic E-state index is 13.4. The van der Waals surface area contributed by atoms with Gasteiger partial charge < -0.3 is 9.47 Å². The highest BCUT2D eigenvalue weighted by molar-refractivity contribution is 6.03. The number of benzene rings is 3. The fourth-order valence-corrected chi connectivity index (χ4v) is 3.56. The molecule has 6 heteroatoms. The van der Waals surface area contributed by atoms with Crippen LogP contribution < -0.4 is 15.0 Å². The van der Waals surface area contributed by atoms with Gasteiger partial charge in [-0.3, -0.25) is 14.9 Å². The van der Waals surface area contributed by atoms with Crippen LogP contribution in [0, 0.1) is 0 Å². The summed E-state index contributed by atoms with van der Waals surface area (Å²) in [5.41, 5.74) is 4.43. The van der Waals surface area contributed by atoms with Gasteiger partial charge in [0.05, 0.1) is 37.7 Å². The van der Waals surface area contributed by atoms with Crippen LogP contribution in [0.15, 0.2) is 88.6 Å². The van der Waals surface area contributed by atoms with E-state index in [0.29, 0.717) is 23.5 Å². The third-order valence-corrected chi connectivity index (χ3v) is 5.28. The molecule has 0 saturated carbocycles. The van der Waals surface area contributed by atoms with Crippen LogP contribution in [0.25, 0.3) is 16.9 Å². The van der Waals surface area contributed by atoms with Crippen LogP contribution in [0.1, 0.15) is 18.1 Å². The molecular formula is C26H25N3O3. The number of aliphatic imine (C=N–C) groups is 1. The Morgan fingerprint density at radius 2 is 1.62 bits per heavy atom. The predicted octanol–water partition coefficient (Wildman–Crippen LogP) is 4.86. The van der Waals surface area contributed by atoms with E-state index in [1.54, 1.807) is 18.9 Å². The van der Waals surface area contributed by atoms with Crippen molar-refractivity contribution in [3.8, 4) is 28.4 Å². The highest BCUT2D eigenvalue weighted by Crippen LogP contribution is 2.24. The van der Waals surface area contributed by atoms with E-state index in [1.807, 2.05) is 85.8 Å². The normalized spacial score (nSPS) is 11.4. The SMILES string of the molecule is COc1ccc(-c2[nH]n(-c3ccccc3)c(=O)c2C(C)=NCc2cccc(OC)c2)cc1. The second-order valence-corrected chi connectivity index (χ2v) is 7.32. The largest absolute Gasteiger partial charge is 0.497 e. The summed E-state index contributed by atoms with van der Waals surface area (Å²) in [5.74, 6) is 1.53. The summed E-state index contributed by atoms with van der Waals surface area (Å²) < 4.78 is 12.1. The van der Waals surface area contributed by atoms with Gasteiger partial charge in [-0.1, -0.05) is 30.3 Å². The molecule has 0 amide bonds. The molecular weight excluding hydrogens is 402 g/mol. The number of aromatic amines is 1. The first kappa shape index (κ1) is 21.2. The summed E-state index contributed by atoms with van der Waals surface area (Å²) in [6, 6.07) is 24.9. The van der Waals surface area contributed by atoms with Crippen molar-refractivity contribution in [1.29, 1.82) is 0 Å². The topological polar surface area (TPSA) is 68.6 Å². The third kappa shape index (κ3) is 4.34. The average Bonchev–Trinajstić information content (AvgIpc) is 3.20. The first-order valence-corrected chi connectivity index (χ1v) is 10.3. The molecule has 0 radical (unpaired) electrons. The van der Waals surface area contributed by atoms with Gasteiger partial charge in [0.15, 0.2) is 0 Å². The van der Waals surface area contributed by atoms with E-state index < -0.39 is 0 Å². The molecule has 1 heterocycles. The van der Waals surface area contributed by atoms with Gasteiger partial charge in [-0.2, -0.15) is 0 Å². The minimum Gasteiger partial charge on any atom is -0.497 e. The van der Waals surface area contributed by atoms with E-state index >= 15 is 0 Å². The van der Waals surface area contributed by atoms with E-state index in [9.17, 15) is 4.79 Å². The highest BCUT2D eigenvalue weighted by atomic mass is 16.5. The number of H-pyrrole nitrogens is 1. The molecule has 4 aromatic rings. The number of aromatic nitrogens is 2. The van der Waals surface area contributed by atoms with Crippen LogP contribution >= 0.6 is 0 Å². The molecule has 3 aromatic carbocycles. The van der Waals surface area contributed by atoms with Crippen molar-refractivity contribution in [3.63, 3.8) is 0 Å². The molecule has 0 aliphatic rings. The molecule has 6 nitrogen and oxygen atoms in total. The van der Waals surface area contributed by atoms with Crippen LogP contribution in [-0.4, -0.2) is 29.7 Å². The van der Waals surface area contributed by atoms with Crippen molar-refractivity contribution in [2.45, 2.75) is 13.5 Å². The fourth-order valence-electron chi connectivity index (χ4n) is 3.56. The lowest BCUT2D eigenvalue weighted by Gasteiger charge is -2.06. The number of nitrogens with zero attached hydrogens (tertiary/aromatic N) is 2. The molecule has 0 fully saturated rings. The Balaban J connectivity index is 1.79. The van der Waals surface area contributed by atoms with Gasteiger partial charge in [0.1, 0.15) is 11.5 Å². The molecule has 162 valence electrons. The lowest BCUT2D eigenvalue weighted by molar-refractivity contribution is 0.414. The zero-order chi connectivity index (χ0) is 22.5. The van der Waals surface area contributed by atoms with Gasteiger partial charge in [0.25, 0.3) is 5.56 Å². The second kappa shape index (κ2) is 9.39. The third-order valence-electron chi connectivity index (χ3n) is 5.28. The van der Waals surface area contributed by atoms with Crippen molar-refractivity contribution in [2.75, 3.05) is 14.2 Å². The Kier molecular flexibility index (Phi) is 6.22. The summed E-state index contributed by atoms with van der Waals surface area (Å²) in [4.78, 5) is 18.2. The number of methoxy groups -OCH3 is 2. The van der Waals surface area contributed by atoms with Crippen LogP contribution in [0.3, 0.4) is 0 Å².